The SMILES string of the molecule is CC[C@H](C)c1ccccc1N1C[C@@H](C(=O)N2CCN(c3ccccc3)CC2)CC1=O. The smallest absolute Gasteiger partial charge is 0.228 e. The van der Waals surface area contributed by atoms with E-state index in [-0.39, 0.29) is 17.7 Å². The highest BCUT2D eigenvalue weighted by Crippen LogP contribution is 2.34. The molecule has 2 saturated heterocycles. The quantitative estimate of drug-likeness (QED) is 0.758. The van der Waals surface area contributed by atoms with E-state index in [1.54, 1.807) is 0 Å². The van der Waals surface area contributed by atoms with Gasteiger partial charge in [-0.1, -0.05) is 50.2 Å². The Labute approximate surface area is 179 Å². The summed E-state index contributed by atoms with van der Waals surface area (Å²) in [5, 5.41) is 0. The Hall–Kier alpha value is -2.82. The average Bonchev–Trinajstić information content (AvgIpc) is 3.20. The van der Waals surface area contributed by atoms with E-state index in [9.17, 15) is 9.59 Å². The molecule has 2 aromatic carbocycles. The summed E-state index contributed by atoms with van der Waals surface area (Å²) >= 11 is 0. The van der Waals surface area contributed by atoms with E-state index >= 15 is 0 Å². The number of carbonyl (C=O) groups is 2. The van der Waals surface area contributed by atoms with E-state index in [2.05, 4.69) is 36.9 Å². The first-order valence-corrected chi connectivity index (χ1v) is 11.1. The molecule has 0 saturated carbocycles. The number of carbonyl (C=O) groups excluding carboxylic acids is 2. The number of rotatable bonds is 5. The monoisotopic (exact) mass is 405 g/mol. The molecule has 2 fully saturated rings. The molecule has 2 aliphatic heterocycles. The molecule has 5 heteroatoms. The fourth-order valence-corrected chi connectivity index (χ4v) is 4.56. The predicted molar refractivity (Wildman–Crippen MR) is 121 cm³/mol. The van der Waals surface area contributed by atoms with E-state index in [0.717, 1.165) is 25.2 Å². The van der Waals surface area contributed by atoms with Crippen molar-refractivity contribution in [2.45, 2.75) is 32.6 Å². The van der Waals surface area contributed by atoms with Crippen LogP contribution in [0.25, 0.3) is 0 Å². The van der Waals surface area contributed by atoms with Gasteiger partial charge in [0, 0.05) is 50.5 Å². The lowest BCUT2D eigenvalue weighted by atomic mass is 9.96. The van der Waals surface area contributed by atoms with Crippen molar-refractivity contribution in [1.29, 1.82) is 0 Å². The number of amides is 2. The molecule has 2 amide bonds. The Kier molecular flexibility index (Phi) is 6.07. The summed E-state index contributed by atoms with van der Waals surface area (Å²) in [7, 11) is 0. The Morgan fingerprint density at radius 3 is 2.37 bits per heavy atom. The summed E-state index contributed by atoms with van der Waals surface area (Å²) in [5.74, 6) is 0.326. The highest BCUT2D eigenvalue weighted by atomic mass is 16.2. The van der Waals surface area contributed by atoms with Crippen LogP contribution in [-0.2, 0) is 9.59 Å². The molecule has 0 aromatic heterocycles. The molecule has 0 spiro atoms. The van der Waals surface area contributed by atoms with Crippen LogP contribution in [0.2, 0.25) is 0 Å². The second-order valence-electron chi connectivity index (χ2n) is 8.42. The maximum Gasteiger partial charge on any atom is 0.228 e. The number of nitrogens with zero attached hydrogens (tertiary/aromatic N) is 3. The molecular formula is C25H31N3O2. The van der Waals surface area contributed by atoms with Crippen LogP contribution in [0.4, 0.5) is 11.4 Å². The van der Waals surface area contributed by atoms with Gasteiger partial charge in [0.25, 0.3) is 0 Å². The van der Waals surface area contributed by atoms with Crippen LogP contribution in [-0.4, -0.2) is 49.4 Å². The summed E-state index contributed by atoms with van der Waals surface area (Å²) in [6, 6.07) is 18.5. The number of para-hydroxylation sites is 2. The molecule has 0 radical (unpaired) electrons. The molecule has 158 valence electrons. The number of hydrogen-bond acceptors (Lipinski definition) is 3. The summed E-state index contributed by atoms with van der Waals surface area (Å²) in [4.78, 5) is 32.1. The minimum atomic E-state index is -0.245. The Morgan fingerprint density at radius 2 is 1.67 bits per heavy atom. The summed E-state index contributed by atoms with van der Waals surface area (Å²) in [6.45, 7) is 7.92. The lowest BCUT2D eigenvalue weighted by molar-refractivity contribution is -0.136. The van der Waals surface area contributed by atoms with Crippen LogP contribution < -0.4 is 9.80 Å². The number of piperazine rings is 1. The minimum absolute atomic E-state index is 0.0621. The van der Waals surface area contributed by atoms with Crippen LogP contribution in [0.15, 0.2) is 54.6 Å². The summed E-state index contributed by atoms with van der Waals surface area (Å²) in [6.07, 6.45) is 1.33. The number of anilines is 2. The van der Waals surface area contributed by atoms with Crippen molar-refractivity contribution in [2.24, 2.45) is 5.92 Å². The first-order valence-electron chi connectivity index (χ1n) is 11.1. The maximum atomic E-state index is 13.2. The Morgan fingerprint density at radius 1 is 1.00 bits per heavy atom. The van der Waals surface area contributed by atoms with Gasteiger partial charge < -0.3 is 14.7 Å². The lowest BCUT2D eigenvalue weighted by Crippen LogP contribution is -2.50. The third kappa shape index (κ3) is 4.07. The van der Waals surface area contributed by atoms with E-state index in [4.69, 9.17) is 0 Å². The molecule has 30 heavy (non-hydrogen) atoms. The first-order chi connectivity index (χ1) is 14.6. The summed E-state index contributed by atoms with van der Waals surface area (Å²) < 4.78 is 0. The van der Waals surface area contributed by atoms with Gasteiger partial charge in [-0.2, -0.15) is 0 Å². The number of hydrogen-bond donors (Lipinski definition) is 0. The maximum absolute atomic E-state index is 13.2. The minimum Gasteiger partial charge on any atom is -0.368 e. The highest BCUT2D eigenvalue weighted by molar-refractivity contribution is 6.01. The molecule has 2 heterocycles. The average molecular weight is 406 g/mol. The third-order valence-electron chi connectivity index (χ3n) is 6.56. The zero-order valence-electron chi connectivity index (χ0n) is 18.0. The van der Waals surface area contributed by atoms with Crippen LogP contribution in [0, 0.1) is 5.92 Å². The van der Waals surface area contributed by atoms with E-state index in [1.165, 1.54) is 11.3 Å². The van der Waals surface area contributed by atoms with E-state index < -0.39 is 0 Å². The predicted octanol–water partition coefficient (Wildman–Crippen LogP) is 3.90. The van der Waals surface area contributed by atoms with Gasteiger partial charge >= 0.3 is 0 Å². The van der Waals surface area contributed by atoms with Gasteiger partial charge in [-0.05, 0) is 36.1 Å². The number of benzene rings is 2. The van der Waals surface area contributed by atoms with E-state index in [0.29, 0.717) is 32.0 Å². The van der Waals surface area contributed by atoms with Gasteiger partial charge in [-0.25, -0.2) is 0 Å². The molecular weight excluding hydrogens is 374 g/mol. The van der Waals surface area contributed by atoms with Gasteiger partial charge in [0.05, 0.1) is 5.92 Å². The fourth-order valence-electron chi connectivity index (χ4n) is 4.56. The van der Waals surface area contributed by atoms with Crippen molar-refractivity contribution in [3.8, 4) is 0 Å². The molecule has 2 atom stereocenters. The van der Waals surface area contributed by atoms with Crippen molar-refractivity contribution < 1.29 is 9.59 Å². The lowest BCUT2D eigenvalue weighted by Gasteiger charge is -2.37. The topological polar surface area (TPSA) is 43.9 Å². The fraction of sp³-hybridized carbons (Fsp3) is 0.440. The molecule has 0 bridgehead atoms. The van der Waals surface area contributed by atoms with Gasteiger partial charge in [0.2, 0.25) is 11.8 Å². The first kappa shape index (κ1) is 20.5. The second kappa shape index (κ2) is 8.90. The molecule has 0 unspecified atom stereocenters. The van der Waals surface area contributed by atoms with Crippen molar-refractivity contribution in [3.05, 3.63) is 60.2 Å². The van der Waals surface area contributed by atoms with Crippen molar-refractivity contribution in [2.75, 3.05) is 42.5 Å². The van der Waals surface area contributed by atoms with Crippen LogP contribution in [0.5, 0.6) is 0 Å². The van der Waals surface area contributed by atoms with Crippen molar-refractivity contribution in [3.63, 3.8) is 0 Å². The molecule has 5 nitrogen and oxygen atoms in total. The van der Waals surface area contributed by atoms with Gasteiger partial charge in [0.1, 0.15) is 0 Å². The van der Waals surface area contributed by atoms with E-state index in [1.807, 2.05) is 46.2 Å². The zero-order valence-corrected chi connectivity index (χ0v) is 18.0. The molecule has 2 aromatic rings. The molecule has 0 aliphatic carbocycles. The molecule has 0 N–H and O–H groups in total. The largest absolute Gasteiger partial charge is 0.368 e. The van der Waals surface area contributed by atoms with Crippen LogP contribution in [0.3, 0.4) is 0 Å². The second-order valence-corrected chi connectivity index (χ2v) is 8.42. The molecule has 4 rings (SSSR count). The highest BCUT2D eigenvalue weighted by Gasteiger charge is 2.38. The van der Waals surface area contributed by atoms with Crippen molar-refractivity contribution >= 4 is 23.2 Å². The van der Waals surface area contributed by atoms with Crippen LogP contribution in [0.1, 0.15) is 38.2 Å². The Bertz CT molecular complexity index is 890. The standard InChI is InChI=1S/C25H31N3O2/c1-3-19(2)22-11-7-8-12-23(22)28-18-20(17-24(28)29)25(30)27-15-13-26(14-16-27)21-9-5-4-6-10-21/h4-12,19-20H,3,13-18H2,1-2H3/t19-,20-/m0/s1. The zero-order chi connectivity index (χ0) is 21.1. The van der Waals surface area contributed by atoms with Crippen LogP contribution >= 0.6 is 0 Å². The van der Waals surface area contributed by atoms with Crippen molar-refractivity contribution in [1.82, 2.24) is 4.90 Å². The third-order valence-corrected chi connectivity index (χ3v) is 6.56. The van der Waals surface area contributed by atoms with Gasteiger partial charge in [0.15, 0.2) is 0 Å². The summed E-state index contributed by atoms with van der Waals surface area (Å²) in [5.41, 5.74) is 3.37. The molecule has 2 aliphatic rings. The Balaban J connectivity index is 1.41. The van der Waals surface area contributed by atoms with Gasteiger partial charge in [-0.15, -0.1) is 0 Å². The van der Waals surface area contributed by atoms with Gasteiger partial charge in [-0.3, -0.25) is 9.59 Å². The normalized spacial score (nSPS) is 20.5.